The van der Waals surface area contributed by atoms with Gasteiger partial charge in [-0.05, 0) is 5.56 Å². The van der Waals surface area contributed by atoms with E-state index in [2.05, 4.69) is 0 Å². The van der Waals surface area contributed by atoms with E-state index in [9.17, 15) is 9.59 Å². The number of carbonyl (C=O) groups is 1. The van der Waals surface area contributed by atoms with E-state index >= 15 is 0 Å². The van der Waals surface area contributed by atoms with E-state index in [0.29, 0.717) is 5.56 Å². The van der Waals surface area contributed by atoms with Crippen LogP contribution < -0.4 is 5.76 Å². The number of carbonyl (C=O) groups excluding carboxylic acids is 1. The number of benzene rings is 2. The maximum absolute atomic E-state index is 12.2. The second-order valence-electron chi connectivity index (χ2n) is 4.98. The molecule has 1 heterocycles. The van der Waals surface area contributed by atoms with Crippen molar-refractivity contribution in [3.8, 4) is 11.3 Å². The van der Waals surface area contributed by atoms with Crippen LogP contribution in [-0.2, 0) is 11.3 Å². The SMILES string of the molecule is COC(=O)c1c(-c2ccccc2)oc(=O)n1Cc1ccccc1. The number of ether oxygens (including phenoxy) is 1. The fraction of sp³-hybridized carbons (Fsp3) is 0.111. The molecule has 0 aliphatic heterocycles. The van der Waals surface area contributed by atoms with Gasteiger partial charge in [0.05, 0.1) is 13.7 Å². The molecule has 3 rings (SSSR count). The lowest BCUT2D eigenvalue weighted by Gasteiger charge is -2.06. The molecule has 0 spiro atoms. The van der Waals surface area contributed by atoms with E-state index in [4.69, 9.17) is 9.15 Å². The number of hydrogen-bond acceptors (Lipinski definition) is 4. The van der Waals surface area contributed by atoms with Crippen molar-refractivity contribution in [2.45, 2.75) is 6.54 Å². The van der Waals surface area contributed by atoms with Gasteiger partial charge in [-0.15, -0.1) is 0 Å². The molecule has 0 aliphatic carbocycles. The third kappa shape index (κ3) is 2.94. The molecule has 1 aromatic heterocycles. The number of methoxy groups -OCH3 is 1. The van der Waals surface area contributed by atoms with Crippen LogP contribution in [0.15, 0.2) is 69.9 Å². The number of nitrogens with zero attached hydrogens (tertiary/aromatic N) is 1. The molecule has 2 aromatic carbocycles. The zero-order valence-electron chi connectivity index (χ0n) is 12.6. The standard InChI is InChI=1S/C18H15NO4/c1-22-17(20)15-16(14-10-6-3-7-11-14)23-18(21)19(15)12-13-8-4-2-5-9-13/h2-11H,12H2,1H3. The molecule has 5 heteroatoms. The van der Waals surface area contributed by atoms with E-state index in [1.54, 1.807) is 12.1 Å². The predicted molar refractivity (Wildman–Crippen MR) is 85.3 cm³/mol. The van der Waals surface area contributed by atoms with Gasteiger partial charge in [0.15, 0.2) is 11.5 Å². The van der Waals surface area contributed by atoms with Crippen molar-refractivity contribution >= 4 is 5.97 Å². The van der Waals surface area contributed by atoms with Crippen LogP contribution in [0.5, 0.6) is 0 Å². The number of rotatable bonds is 4. The first kappa shape index (κ1) is 14.8. The van der Waals surface area contributed by atoms with Crippen LogP contribution >= 0.6 is 0 Å². The molecular weight excluding hydrogens is 294 g/mol. The Balaban J connectivity index is 2.14. The highest BCUT2D eigenvalue weighted by Crippen LogP contribution is 2.24. The summed E-state index contributed by atoms with van der Waals surface area (Å²) in [4.78, 5) is 24.4. The molecule has 0 unspecified atom stereocenters. The average Bonchev–Trinajstić information content (AvgIpc) is 2.92. The minimum absolute atomic E-state index is 0.118. The third-order valence-electron chi connectivity index (χ3n) is 3.49. The molecule has 0 bridgehead atoms. The summed E-state index contributed by atoms with van der Waals surface area (Å²) in [5.41, 5.74) is 1.66. The van der Waals surface area contributed by atoms with Crippen LogP contribution in [0, 0.1) is 0 Å². The molecule has 0 N–H and O–H groups in total. The first-order valence-corrected chi connectivity index (χ1v) is 7.12. The highest BCUT2D eigenvalue weighted by Gasteiger charge is 2.25. The summed E-state index contributed by atoms with van der Waals surface area (Å²) in [5.74, 6) is -0.975. The van der Waals surface area contributed by atoms with Gasteiger partial charge in [0, 0.05) is 5.56 Å². The fourth-order valence-electron chi connectivity index (χ4n) is 2.40. The topological polar surface area (TPSA) is 61.4 Å². The van der Waals surface area contributed by atoms with Gasteiger partial charge in [-0.25, -0.2) is 9.59 Å². The summed E-state index contributed by atoms with van der Waals surface area (Å²) in [5, 5.41) is 0. The zero-order valence-corrected chi connectivity index (χ0v) is 12.6. The molecule has 23 heavy (non-hydrogen) atoms. The van der Waals surface area contributed by atoms with Gasteiger partial charge >= 0.3 is 11.7 Å². The van der Waals surface area contributed by atoms with Crippen molar-refractivity contribution in [2.24, 2.45) is 0 Å². The van der Waals surface area contributed by atoms with Crippen LogP contribution in [0.1, 0.15) is 16.1 Å². The highest BCUT2D eigenvalue weighted by atomic mass is 16.5. The van der Waals surface area contributed by atoms with Crippen LogP contribution in [0.2, 0.25) is 0 Å². The van der Waals surface area contributed by atoms with Crippen molar-refractivity contribution in [3.63, 3.8) is 0 Å². The Hall–Kier alpha value is -3.08. The smallest absolute Gasteiger partial charge is 0.420 e. The van der Waals surface area contributed by atoms with E-state index in [-0.39, 0.29) is 18.0 Å². The molecule has 0 aliphatic rings. The molecule has 3 aromatic rings. The van der Waals surface area contributed by atoms with Crippen LogP contribution in [0.4, 0.5) is 0 Å². The highest BCUT2D eigenvalue weighted by molar-refractivity contribution is 5.93. The van der Waals surface area contributed by atoms with Crippen molar-refractivity contribution < 1.29 is 13.9 Å². The molecule has 0 amide bonds. The maximum Gasteiger partial charge on any atom is 0.420 e. The summed E-state index contributed by atoms with van der Waals surface area (Å²) >= 11 is 0. The second-order valence-corrected chi connectivity index (χ2v) is 4.98. The van der Waals surface area contributed by atoms with Gasteiger partial charge in [0.1, 0.15) is 0 Å². The molecule has 116 valence electrons. The second kappa shape index (κ2) is 6.36. The van der Waals surface area contributed by atoms with Gasteiger partial charge < -0.3 is 9.15 Å². The van der Waals surface area contributed by atoms with Crippen LogP contribution in [0.25, 0.3) is 11.3 Å². The van der Waals surface area contributed by atoms with Crippen LogP contribution in [-0.4, -0.2) is 17.6 Å². The number of esters is 1. The Kier molecular flexibility index (Phi) is 4.10. The lowest BCUT2D eigenvalue weighted by molar-refractivity contribution is 0.0589. The molecular formula is C18H15NO4. The Morgan fingerprint density at radius 3 is 2.26 bits per heavy atom. The van der Waals surface area contributed by atoms with E-state index in [1.165, 1.54) is 11.7 Å². The number of hydrogen-bond donors (Lipinski definition) is 0. The Bertz CT molecular complexity index is 863. The van der Waals surface area contributed by atoms with E-state index < -0.39 is 11.7 Å². The van der Waals surface area contributed by atoms with Gasteiger partial charge in [0.2, 0.25) is 0 Å². The predicted octanol–water partition coefficient (Wildman–Crippen LogP) is 2.94. The number of aromatic nitrogens is 1. The van der Waals surface area contributed by atoms with Crippen LogP contribution in [0.3, 0.4) is 0 Å². The minimum Gasteiger partial charge on any atom is -0.464 e. The number of oxazole rings is 1. The van der Waals surface area contributed by atoms with Crippen molar-refractivity contribution in [3.05, 3.63) is 82.5 Å². The molecule has 5 nitrogen and oxygen atoms in total. The van der Waals surface area contributed by atoms with Gasteiger partial charge in [-0.3, -0.25) is 4.57 Å². The first-order chi connectivity index (χ1) is 11.2. The first-order valence-electron chi connectivity index (χ1n) is 7.12. The van der Waals surface area contributed by atoms with E-state index in [0.717, 1.165) is 5.56 Å². The molecule has 0 radical (unpaired) electrons. The monoisotopic (exact) mass is 309 g/mol. The van der Waals surface area contributed by atoms with Gasteiger partial charge in [-0.2, -0.15) is 0 Å². The molecule has 0 saturated carbocycles. The van der Waals surface area contributed by atoms with Crippen molar-refractivity contribution in [1.29, 1.82) is 0 Å². The summed E-state index contributed by atoms with van der Waals surface area (Å²) in [6.45, 7) is 0.237. The Labute approximate surface area is 132 Å². The fourth-order valence-corrected chi connectivity index (χ4v) is 2.40. The third-order valence-corrected chi connectivity index (χ3v) is 3.49. The molecule has 0 atom stereocenters. The van der Waals surface area contributed by atoms with Gasteiger partial charge in [0.25, 0.3) is 0 Å². The normalized spacial score (nSPS) is 10.5. The summed E-state index contributed by atoms with van der Waals surface area (Å²) in [6.07, 6.45) is 0. The Morgan fingerprint density at radius 2 is 1.65 bits per heavy atom. The zero-order chi connectivity index (χ0) is 16.2. The summed E-state index contributed by atoms with van der Waals surface area (Å²) in [6, 6.07) is 18.4. The maximum atomic E-state index is 12.2. The lowest BCUT2D eigenvalue weighted by atomic mass is 10.1. The Morgan fingerprint density at radius 1 is 1.04 bits per heavy atom. The summed E-state index contributed by atoms with van der Waals surface area (Å²) < 4.78 is 11.5. The average molecular weight is 309 g/mol. The van der Waals surface area contributed by atoms with Crippen molar-refractivity contribution in [1.82, 2.24) is 4.57 Å². The molecule has 0 fully saturated rings. The van der Waals surface area contributed by atoms with E-state index in [1.807, 2.05) is 48.5 Å². The van der Waals surface area contributed by atoms with Crippen molar-refractivity contribution in [2.75, 3.05) is 7.11 Å². The molecule has 0 saturated heterocycles. The quantitative estimate of drug-likeness (QED) is 0.695. The summed E-state index contributed by atoms with van der Waals surface area (Å²) in [7, 11) is 1.28. The van der Waals surface area contributed by atoms with Gasteiger partial charge in [-0.1, -0.05) is 60.7 Å². The largest absolute Gasteiger partial charge is 0.464 e. The lowest BCUT2D eigenvalue weighted by Crippen LogP contribution is -2.21. The minimum atomic E-state index is -0.606.